The second-order valence-electron chi connectivity index (χ2n) is 4.95. The van der Waals surface area contributed by atoms with Gasteiger partial charge in [0.15, 0.2) is 0 Å². The molecule has 0 saturated carbocycles. The lowest BCUT2D eigenvalue weighted by Gasteiger charge is -2.23. The topological polar surface area (TPSA) is 29.5 Å². The van der Waals surface area contributed by atoms with Crippen LogP contribution < -0.4 is 0 Å². The quantitative estimate of drug-likeness (QED) is 0.784. The molecule has 2 rings (SSSR count). The fourth-order valence-electron chi connectivity index (χ4n) is 2.55. The van der Waals surface area contributed by atoms with Crippen molar-refractivity contribution in [3.63, 3.8) is 0 Å². The van der Waals surface area contributed by atoms with E-state index in [0.717, 1.165) is 30.5 Å². The van der Waals surface area contributed by atoms with Gasteiger partial charge in [0, 0.05) is 6.54 Å². The number of nitrogens with zero attached hydrogens (tertiary/aromatic N) is 1. The summed E-state index contributed by atoms with van der Waals surface area (Å²) in [6, 6.07) is 4.62. The predicted octanol–water partition coefficient (Wildman–Crippen LogP) is 2.66. The third-order valence-electron chi connectivity index (χ3n) is 3.61. The number of aryl methyl sites for hydroxylation is 1. The van der Waals surface area contributed by atoms with E-state index in [1.165, 1.54) is 6.07 Å². The summed E-state index contributed by atoms with van der Waals surface area (Å²) in [6.45, 7) is 5.65. The first-order chi connectivity index (χ1) is 9.11. The molecule has 1 aromatic rings. The molecular weight excluding hydrogens is 245 g/mol. The molecule has 0 spiro atoms. The summed E-state index contributed by atoms with van der Waals surface area (Å²) >= 11 is 0. The van der Waals surface area contributed by atoms with Gasteiger partial charge in [-0.3, -0.25) is 9.69 Å². The van der Waals surface area contributed by atoms with Crippen LogP contribution in [0.25, 0.3) is 0 Å². The smallest absolute Gasteiger partial charge is 0.323 e. The summed E-state index contributed by atoms with van der Waals surface area (Å²) in [5.41, 5.74) is 1.99. The van der Waals surface area contributed by atoms with E-state index in [1.807, 2.05) is 13.8 Å². The average Bonchev–Trinajstić information content (AvgIpc) is 2.82. The molecule has 1 aromatic carbocycles. The third-order valence-corrected chi connectivity index (χ3v) is 3.61. The van der Waals surface area contributed by atoms with Gasteiger partial charge in [-0.15, -0.1) is 0 Å². The Bertz CT molecular complexity index is 461. The highest BCUT2D eigenvalue weighted by molar-refractivity contribution is 5.76. The molecule has 0 radical (unpaired) electrons. The number of esters is 1. The monoisotopic (exact) mass is 265 g/mol. The molecule has 0 aromatic heterocycles. The first-order valence-corrected chi connectivity index (χ1v) is 6.77. The van der Waals surface area contributed by atoms with Crippen molar-refractivity contribution in [3.05, 3.63) is 35.1 Å². The Morgan fingerprint density at radius 3 is 3.05 bits per heavy atom. The van der Waals surface area contributed by atoms with Crippen LogP contribution in [0, 0.1) is 12.7 Å². The Hall–Kier alpha value is -1.42. The van der Waals surface area contributed by atoms with E-state index in [9.17, 15) is 9.18 Å². The average molecular weight is 265 g/mol. The van der Waals surface area contributed by atoms with E-state index in [1.54, 1.807) is 12.1 Å². The van der Waals surface area contributed by atoms with Crippen LogP contribution in [0.5, 0.6) is 0 Å². The number of benzene rings is 1. The minimum Gasteiger partial charge on any atom is -0.465 e. The number of halogens is 1. The highest BCUT2D eigenvalue weighted by Gasteiger charge is 2.31. The van der Waals surface area contributed by atoms with Crippen molar-refractivity contribution in [2.75, 3.05) is 13.2 Å². The van der Waals surface area contributed by atoms with Crippen LogP contribution in [0.4, 0.5) is 4.39 Å². The maximum Gasteiger partial charge on any atom is 0.323 e. The zero-order valence-electron chi connectivity index (χ0n) is 11.5. The SMILES string of the molecule is CCOC(=O)C1CCCN1Cc1cc(F)ccc1C. The Labute approximate surface area is 113 Å². The molecule has 1 aliphatic heterocycles. The molecule has 3 nitrogen and oxygen atoms in total. The van der Waals surface area contributed by atoms with E-state index in [0.29, 0.717) is 13.2 Å². The van der Waals surface area contributed by atoms with Gasteiger partial charge in [0.1, 0.15) is 11.9 Å². The largest absolute Gasteiger partial charge is 0.465 e. The summed E-state index contributed by atoms with van der Waals surface area (Å²) < 4.78 is 18.4. The predicted molar refractivity (Wildman–Crippen MR) is 71.2 cm³/mol. The minimum absolute atomic E-state index is 0.158. The molecule has 0 amide bonds. The zero-order chi connectivity index (χ0) is 13.8. The lowest BCUT2D eigenvalue weighted by atomic mass is 10.1. The molecule has 104 valence electrons. The van der Waals surface area contributed by atoms with E-state index in [4.69, 9.17) is 4.74 Å². The highest BCUT2D eigenvalue weighted by Crippen LogP contribution is 2.22. The number of likely N-dealkylation sites (tertiary alicyclic amines) is 1. The van der Waals surface area contributed by atoms with Crippen molar-refractivity contribution in [1.82, 2.24) is 4.90 Å². The second kappa shape index (κ2) is 6.15. The van der Waals surface area contributed by atoms with Gasteiger partial charge in [-0.25, -0.2) is 4.39 Å². The number of rotatable bonds is 4. The maximum atomic E-state index is 13.3. The maximum absolute atomic E-state index is 13.3. The van der Waals surface area contributed by atoms with Crippen LogP contribution >= 0.6 is 0 Å². The lowest BCUT2D eigenvalue weighted by Crippen LogP contribution is -2.37. The molecule has 0 aliphatic carbocycles. The molecule has 0 N–H and O–H groups in total. The van der Waals surface area contributed by atoms with Crippen LogP contribution in [0.3, 0.4) is 0 Å². The fraction of sp³-hybridized carbons (Fsp3) is 0.533. The Morgan fingerprint density at radius 1 is 1.53 bits per heavy atom. The number of ether oxygens (including phenoxy) is 1. The first-order valence-electron chi connectivity index (χ1n) is 6.77. The van der Waals surface area contributed by atoms with Crippen molar-refractivity contribution in [2.24, 2.45) is 0 Å². The second-order valence-corrected chi connectivity index (χ2v) is 4.95. The van der Waals surface area contributed by atoms with Crippen molar-refractivity contribution >= 4 is 5.97 Å². The summed E-state index contributed by atoms with van der Waals surface area (Å²) in [6.07, 6.45) is 1.81. The van der Waals surface area contributed by atoms with Crippen LogP contribution in [0.1, 0.15) is 30.9 Å². The number of hydrogen-bond donors (Lipinski definition) is 0. The number of carbonyl (C=O) groups is 1. The van der Waals surface area contributed by atoms with E-state index in [2.05, 4.69) is 4.90 Å². The van der Waals surface area contributed by atoms with Crippen molar-refractivity contribution in [1.29, 1.82) is 0 Å². The van der Waals surface area contributed by atoms with Gasteiger partial charge in [0.25, 0.3) is 0 Å². The number of hydrogen-bond acceptors (Lipinski definition) is 3. The minimum atomic E-state index is -0.229. The van der Waals surface area contributed by atoms with Crippen LogP contribution in [-0.4, -0.2) is 30.1 Å². The van der Waals surface area contributed by atoms with Gasteiger partial charge in [0.05, 0.1) is 6.61 Å². The number of carbonyl (C=O) groups excluding carboxylic acids is 1. The highest BCUT2D eigenvalue weighted by atomic mass is 19.1. The molecule has 1 unspecified atom stereocenters. The Morgan fingerprint density at radius 2 is 2.32 bits per heavy atom. The molecule has 1 heterocycles. The molecule has 19 heavy (non-hydrogen) atoms. The molecule has 1 aliphatic rings. The van der Waals surface area contributed by atoms with E-state index < -0.39 is 0 Å². The van der Waals surface area contributed by atoms with Gasteiger partial charge >= 0.3 is 5.97 Å². The molecular formula is C15H20FNO2. The van der Waals surface area contributed by atoms with E-state index in [-0.39, 0.29) is 17.8 Å². The third kappa shape index (κ3) is 3.32. The zero-order valence-corrected chi connectivity index (χ0v) is 11.5. The van der Waals surface area contributed by atoms with Gasteiger partial charge in [0.2, 0.25) is 0 Å². The first kappa shape index (κ1) is 14.0. The lowest BCUT2D eigenvalue weighted by molar-refractivity contribution is -0.148. The van der Waals surface area contributed by atoms with Gasteiger partial charge in [-0.1, -0.05) is 6.07 Å². The van der Waals surface area contributed by atoms with Gasteiger partial charge in [-0.05, 0) is 56.5 Å². The van der Waals surface area contributed by atoms with Crippen molar-refractivity contribution < 1.29 is 13.9 Å². The summed E-state index contributed by atoms with van der Waals surface area (Å²) in [5, 5.41) is 0. The summed E-state index contributed by atoms with van der Waals surface area (Å²) in [4.78, 5) is 13.9. The summed E-state index contributed by atoms with van der Waals surface area (Å²) in [7, 11) is 0. The molecule has 1 atom stereocenters. The van der Waals surface area contributed by atoms with Crippen molar-refractivity contribution in [2.45, 2.75) is 39.3 Å². The Balaban J connectivity index is 2.09. The van der Waals surface area contributed by atoms with Crippen LogP contribution in [-0.2, 0) is 16.1 Å². The standard InChI is InChI=1S/C15H20FNO2/c1-3-19-15(18)14-5-4-8-17(14)10-12-9-13(16)7-6-11(12)2/h6-7,9,14H,3-5,8,10H2,1-2H3. The molecule has 4 heteroatoms. The van der Waals surface area contributed by atoms with Crippen LogP contribution in [0.15, 0.2) is 18.2 Å². The van der Waals surface area contributed by atoms with Crippen LogP contribution in [0.2, 0.25) is 0 Å². The molecule has 0 bridgehead atoms. The van der Waals surface area contributed by atoms with E-state index >= 15 is 0 Å². The molecule has 1 saturated heterocycles. The van der Waals surface area contributed by atoms with Gasteiger partial charge < -0.3 is 4.74 Å². The fourth-order valence-corrected chi connectivity index (χ4v) is 2.55. The summed E-state index contributed by atoms with van der Waals surface area (Å²) in [5.74, 6) is -0.387. The Kier molecular flexibility index (Phi) is 4.53. The molecule has 1 fully saturated rings. The van der Waals surface area contributed by atoms with Crippen molar-refractivity contribution in [3.8, 4) is 0 Å². The normalized spacial score (nSPS) is 19.6. The van der Waals surface area contributed by atoms with Gasteiger partial charge in [-0.2, -0.15) is 0 Å².